The number of aromatic nitrogens is 1. The first kappa shape index (κ1) is 14.4. The van der Waals surface area contributed by atoms with Gasteiger partial charge in [0.1, 0.15) is 0 Å². The highest BCUT2D eigenvalue weighted by Crippen LogP contribution is 2.12. The second-order valence-electron chi connectivity index (χ2n) is 4.20. The molecule has 0 saturated carbocycles. The van der Waals surface area contributed by atoms with Crippen LogP contribution < -0.4 is 11.3 Å². The monoisotopic (exact) mass is 251 g/mol. The van der Waals surface area contributed by atoms with Crippen LogP contribution in [0.3, 0.4) is 0 Å². The second-order valence-corrected chi connectivity index (χ2v) is 4.20. The van der Waals surface area contributed by atoms with Crippen LogP contribution in [-0.4, -0.2) is 34.9 Å². The minimum Gasteiger partial charge on any atom is -0.334 e. The van der Waals surface area contributed by atoms with Crippen molar-refractivity contribution < 1.29 is 4.79 Å². The Labute approximate surface area is 107 Å². The SMILES string of the molecule is CCC(CC)N(CCN)C(=O)c1ccc(=O)[nH]c1. The molecule has 0 aliphatic carbocycles. The van der Waals surface area contributed by atoms with Crippen molar-refractivity contribution in [3.63, 3.8) is 0 Å². The van der Waals surface area contributed by atoms with Crippen LogP contribution in [0, 0.1) is 0 Å². The van der Waals surface area contributed by atoms with Crippen molar-refractivity contribution >= 4 is 5.91 Å². The van der Waals surface area contributed by atoms with Crippen molar-refractivity contribution in [2.45, 2.75) is 32.7 Å². The molecule has 0 aliphatic heterocycles. The lowest BCUT2D eigenvalue weighted by molar-refractivity contribution is 0.0674. The smallest absolute Gasteiger partial charge is 0.255 e. The van der Waals surface area contributed by atoms with Crippen LogP contribution in [0.5, 0.6) is 0 Å². The van der Waals surface area contributed by atoms with Gasteiger partial charge in [-0.15, -0.1) is 0 Å². The highest BCUT2D eigenvalue weighted by atomic mass is 16.2. The Bertz CT molecular complexity index is 418. The summed E-state index contributed by atoms with van der Waals surface area (Å²) in [4.78, 5) is 27.6. The largest absolute Gasteiger partial charge is 0.334 e. The fourth-order valence-corrected chi connectivity index (χ4v) is 2.03. The van der Waals surface area contributed by atoms with Crippen molar-refractivity contribution in [1.29, 1.82) is 0 Å². The summed E-state index contributed by atoms with van der Waals surface area (Å²) >= 11 is 0. The van der Waals surface area contributed by atoms with Crippen molar-refractivity contribution in [3.05, 3.63) is 34.2 Å². The normalized spacial score (nSPS) is 10.7. The van der Waals surface area contributed by atoms with Gasteiger partial charge in [0, 0.05) is 31.4 Å². The summed E-state index contributed by atoms with van der Waals surface area (Å²) in [5.41, 5.74) is 5.85. The van der Waals surface area contributed by atoms with Gasteiger partial charge in [-0.05, 0) is 18.9 Å². The van der Waals surface area contributed by atoms with Crippen LogP contribution in [0.25, 0.3) is 0 Å². The number of carbonyl (C=O) groups excluding carboxylic acids is 1. The Kier molecular flexibility index (Phi) is 5.58. The minimum atomic E-state index is -0.209. The van der Waals surface area contributed by atoms with E-state index in [4.69, 9.17) is 5.73 Å². The van der Waals surface area contributed by atoms with E-state index in [2.05, 4.69) is 18.8 Å². The summed E-state index contributed by atoms with van der Waals surface area (Å²) in [7, 11) is 0. The molecule has 1 aromatic rings. The maximum Gasteiger partial charge on any atom is 0.255 e. The molecule has 1 aromatic heterocycles. The van der Waals surface area contributed by atoms with E-state index in [0.717, 1.165) is 12.8 Å². The Morgan fingerprint density at radius 1 is 1.39 bits per heavy atom. The molecule has 1 rings (SSSR count). The molecule has 0 unspecified atom stereocenters. The summed E-state index contributed by atoms with van der Waals surface area (Å²) < 4.78 is 0. The minimum absolute atomic E-state index is 0.0783. The van der Waals surface area contributed by atoms with Crippen LogP contribution >= 0.6 is 0 Å². The van der Waals surface area contributed by atoms with Crippen molar-refractivity contribution in [2.75, 3.05) is 13.1 Å². The van der Waals surface area contributed by atoms with E-state index in [1.165, 1.54) is 12.3 Å². The first-order chi connectivity index (χ1) is 8.63. The van der Waals surface area contributed by atoms with Gasteiger partial charge in [0.25, 0.3) is 5.91 Å². The third-order valence-electron chi connectivity index (χ3n) is 3.05. The van der Waals surface area contributed by atoms with E-state index >= 15 is 0 Å². The van der Waals surface area contributed by atoms with Gasteiger partial charge in [-0.25, -0.2) is 0 Å². The Balaban J connectivity index is 2.94. The molecule has 0 radical (unpaired) electrons. The Morgan fingerprint density at radius 2 is 2.06 bits per heavy atom. The molecule has 3 N–H and O–H groups in total. The molecule has 100 valence electrons. The van der Waals surface area contributed by atoms with Crippen LogP contribution in [0.2, 0.25) is 0 Å². The van der Waals surface area contributed by atoms with Crippen molar-refractivity contribution in [2.24, 2.45) is 5.73 Å². The molecular formula is C13H21N3O2. The molecule has 5 nitrogen and oxygen atoms in total. The molecule has 1 amide bonds. The average molecular weight is 251 g/mol. The highest BCUT2D eigenvalue weighted by molar-refractivity contribution is 5.94. The van der Waals surface area contributed by atoms with E-state index in [0.29, 0.717) is 18.7 Å². The third kappa shape index (κ3) is 3.43. The lowest BCUT2D eigenvalue weighted by Gasteiger charge is -2.30. The standard InChI is InChI=1S/C13H21N3O2/c1-3-11(4-2)16(8-7-14)13(18)10-5-6-12(17)15-9-10/h5-6,9,11H,3-4,7-8,14H2,1-2H3,(H,15,17). The first-order valence-electron chi connectivity index (χ1n) is 6.33. The fraction of sp³-hybridized carbons (Fsp3) is 0.538. The first-order valence-corrected chi connectivity index (χ1v) is 6.33. The van der Waals surface area contributed by atoms with E-state index < -0.39 is 0 Å². The summed E-state index contributed by atoms with van der Waals surface area (Å²) in [6.07, 6.45) is 3.24. The van der Waals surface area contributed by atoms with Gasteiger partial charge in [-0.2, -0.15) is 0 Å². The third-order valence-corrected chi connectivity index (χ3v) is 3.05. The van der Waals surface area contributed by atoms with Gasteiger partial charge in [-0.1, -0.05) is 13.8 Å². The zero-order valence-electron chi connectivity index (χ0n) is 11.0. The number of hydrogen-bond donors (Lipinski definition) is 2. The number of nitrogens with two attached hydrogens (primary N) is 1. The van der Waals surface area contributed by atoms with Gasteiger partial charge in [0.15, 0.2) is 0 Å². The number of aromatic amines is 1. The zero-order valence-corrected chi connectivity index (χ0v) is 11.0. The molecule has 0 saturated heterocycles. The number of nitrogens with zero attached hydrogens (tertiary/aromatic N) is 1. The maximum atomic E-state index is 12.4. The molecule has 0 fully saturated rings. The molecule has 0 aromatic carbocycles. The van der Waals surface area contributed by atoms with Gasteiger partial charge >= 0.3 is 0 Å². The molecule has 18 heavy (non-hydrogen) atoms. The van der Waals surface area contributed by atoms with E-state index in [1.807, 2.05) is 0 Å². The number of H-pyrrole nitrogens is 1. The molecular weight excluding hydrogens is 230 g/mol. The number of amides is 1. The number of pyridine rings is 1. The quantitative estimate of drug-likeness (QED) is 0.790. The molecule has 1 heterocycles. The van der Waals surface area contributed by atoms with E-state index in [1.54, 1.807) is 11.0 Å². The summed E-state index contributed by atoms with van der Waals surface area (Å²) in [6, 6.07) is 3.10. The highest BCUT2D eigenvalue weighted by Gasteiger charge is 2.21. The lowest BCUT2D eigenvalue weighted by atomic mass is 10.1. The molecule has 5 heteroatoms. The van der Waals surface area contributed by atoms with Crippen LogP contribution in [0.4, 0.5) is 0 Å². The summed E-state index contributed by atoms with van der Waals surface area (Å²) in [5.74, 6) is -0.0783. The lowest BCUT2D eigenvalue weighted by Crippen LogP contribution is -2.42. The molecule has 0 bridgehead atoms. The van der Waals surface area contributed by atoms with E-state index in [9.17, 15) is 9.59 Å². The number of carbonyl (C=O) groups is 1. The maximum absolute atomic E-state index is 12.4. The molecule has 0 atom stereocenters. The van der Waals surface area contributed by atoms with E-state index in [-0.39, 0.29) is 17.5 Å². The molecule has 0 spiro atoms. The summed E-state index contributed by atoms with van der Waals surface area (Å²) in [6.45, 7) is 5.07. The molecule has 0 aliphatic rings. The van der Waals surface area contributed by atoms with Gasteiger partial charge in [0.2, 0.25) is 5.56 Å². The van der Waals surface area contributed by atoms with Gasteiger partial charge in [0.05, 0.1) is 5.56 Å². The van der Waals surface area contributed by atoms with Crippen LogP contribution in [-0.2, 0) is 0 Å². The second kappa shape index (κ2) is 6.96. The van der Waals surface area contributed by atoms with Crippen molar-refractivity contribution in [3.8, 4) is 0 Å². The fourth-order valence-electron chi connectivity index (χ4n) is 2.03. The predicted molar refractivity (Wildman–Crippen MR) is 71.5 cm³/mol. The van der Waals surface area contributed by atoms with Gasteiger partial charge in [-0.3, -0.25) is 9.59 Å². The topological polar surface area (TPSA) is 79.2 Å². The van der Waals surface area contributed by atoms with Gasteiger partial charge < -0.3 is 15.6 Å². The number of nitrogens with one attached hydrogen (secondary N) is 1. The predicted octanol–water partition coefficient (Wildman–Crippen LogP) is 0.964. The average Bonchev–Trinajstić information content (AvgIpc) is 2.39. The van der Waals surface area contributed by atoms with Crippen molar-refractivity contribution in [1.82, 2.24) is 9.88 Å². The Morgan fingerprint density at radius 3 is 2.50 bits per heavy atom. The Hall–Kier alpha value is -1.62. The van der Waals surface area contributed by atoms with Crippen LogP contribution in [0.1, 0.15) is 37.0 Å². The summed E-state index contributed by atoms with van der Waals surface area (Å²) in [5, 5.41) is 0. The number of rotatable bonds is 6. The zero-order chi connectivity index (χ0) is 13.5. The number of hydrogen-bond acceptors (Lipinski definition) is 3. The van der Waals surface area contributed by atoms with Crippen LogP contribution in [0.15, 0.2) is 23.1 Å².